The number of fused-ring (bicyclic) bond motifs is 11. The molecule has 0 atom stereocenters. The van der Waals surface area contributed by atoms with Crippen LogP contribution in [0, 0.1) is 0 Å². The molecule has 0 aliphatic rings. The SMILES string of the molecule is c1ccc(-c2nc(-c3cccc4c3oc3cccc(-c5nc6ccccc6c6nc7ccccc7n56)c34)c3oc4ccccc4c3n2)cc1. The normalized spacial score (nSPS) is 12.1. The van der Waals surface area contributed by atoms with E-state index < -0.39 is 0 Å². The smallest absolute Gasteiger partial charge is 0.180 e. The number of imidazole rings is 1. The summed E-state index contributed by atoms with van der Waals surface area (Å²) in [5, 5.41) is 3.87. The summed E-state index contributed by atoms with van der Waals surface area (Å²) in [7, 11) is 0. The van der Waals surface area contributed by atoms with Crippen LogP contribution >= 0.6 is 0 Å². The van der Waals surface area contributed by atoms with Crippen LogP contribution in [0.3, 0.4) is 0 Å². The first kappa shape index (κ1) is 26.2. The van der Waals surface area contributed by atoms with Crippen LogP contribution in [0.15, 0.2) is 148 Å². The molecule has 0 unspecified atom stereocenters. The highest BCUT2D eigenvalue weighted by Gasteiger charge is 2.24. The van der Waals surface area contributed by atoms with Crippen molar-refractivity contribution in [3.05, 3.63) is 140 Å². The van der Waals surface area contributed by atoms with Crippen LogP contribution in [-0.4, -0.2) is 24.3 Å². The maximum atomic E-state index is 6.78. The third kappa shape index (κ3) is 3.72. The molecule has 7 nitrogen and oxygen atoms in total. The zero-order chi connectivity index (χ0) is 32.1. The minimum Gasteiger partial charge on any atom is -0.455 e. The fraction of sp³-hybridized carbons (Fsp3) is 0. The highest BCUT2D eigenvalue weighted by molar-refractivity contribution is 6.17. The maximum Gasteiger partial charge on any atom is 0.180 e. The van der Waals surface area contributed by atoms with Crippen molar-refractivity contribution >= 4 is 71.6 Å². The molecule has 49 heavy (non-hydrogen) atoms. The summed E-state index contributed by atoms with van der Waals surface area (Å²) in [5.41, 5.74) is 10.7. The second kappa shape index (κ2) is 9.82. The number of furan rings is 2. The highest BCUT2D eigenvalue weighted by Crippen LogP contribution is 2.43. The molecular weight excluding hydrogens is 606 g/mol. The molecule has 5 aromatic heterocycles. The molecule has 0 bridgehead atoms. The van der Waals surface area contributed by atoms with E-state index in [2.05, 4.69) is 34.7 Å². The van der Waals surface area contributed by atoms with E-state index in [1.807, 2.05) is 109 Å². The molecule has 0 saturated carbocycles. The molecule has 0 aliphatic carbocycles. The van der Waals surface area contributed by atoms with E-state index in [0.717, 1.165) is 88.5 Å². The van der Waals surface area contributed by atoms with Crippen molar-refractivity contribution in [2.24, 2.45) is 0 Å². The fourth-order valence-corrected chi connectivity index (χ4v) is 7.24. The van der Waals surface area contributed by atoms with Gasteiger partial charge in [-0.15, -0.1) is 0 Å². The number of rotatable bonds is 3. The Labute approximate surface area is 277 Å². The second-order valence-corrected chi connectivity index (χ2v) is 12.2. The third-order valence-corrected chi connectivity index (χ3v) is 9.41. The Morgan fingerprint density at radius 2 is 1.16 bits per heavy atom. The predicted octanol–water partition coefficient (Wildman–Crippen LogP) is 10.6. The first-order chi connectivity index (χ1) is 24.3. The predicted molar refractivity (Wildman–Crippen MR) is 194 cm³/mol. The van der Waals surface area contributed by atoms with Crippen LogP contribution in [0.5, 0.6) is 0 Å². The van der Waals surface area contributed by atoms with Gasteiger partial charge in [0, 0.05) is 38.2 Å². The molecule has 0 saturated heterocycles. The van der Waals surface area contributed by atoms with Crippen molar-refractivity contribution in [2.75, 3.05) is 0 Å². The van der Waals surface area contributed by atoms with E-state index in [1.165, 1.54) is 0 Å². The largest absolute Gasteiger partial charge is 0.455 e. The summed E-state index contributed by atoms with van der Waals surface area (Å²) in [6.45, 7) is 0. The zero-order valence-corrected chi connectivity index (χ0v) is 25.8. The van der Waals surface area contributed by atoms with Crippen LogP contribution in [0.1, 0.15) is 0 Å². The molecule has 0 N–H and O–H groups in total. The average molecular weight is 630 g/mol. The minimum atomic E-state index is 0.622. The zero-order valence-electron chi connectivity index (χ0n) is 25.8. The van der Waals surface area contributed by atoms with Crippen molar-refractivity contribution in [3.63, 3.8) is 0 Å². The Bertz CT molecular complexity index is 3120. The lowest BCUT2D eigenvalue weighted by atomic mass is 10.0. The van der Waals surface area contributed by atoms with Gasteiger partial charge in [0.25, 0.3) is 0 Å². The minimum absolute atomic E-state index is 0.622. The number of benzene rings is 6. The van der Waals surface area contributed by atoms with Crippen molar-refractivity contribution in [2.45, 2.75) is 0 Å². The lowest BCUT2D eigenvalue weighted by Gasteiger charge is -2.10. The van der Waals surface area contributed by atoms with Gasteiger partial charge in [0.2, 0.25) is 0 Å². The second-order valence-electron chi connectivity index (χ2n) is 12.2. The molecule has 5 heterocycles. The molecule has 0 amide bonds. The molecule has 0 spiro atoms. The number of hydrogen-bond donors (Lipinski definition) is 0. The topological polar surface area (TPSA) is 82.2 Å². The first-order valence-electron chi connectivity index (χ1n) is 16.2. The van der Waals surface area contributed by atoms with Gasteiger partial charge in [-0.2, -0.15) is 0 Å². The molecule has 11 rings (SSSR count). The molecule has 228 valence electrons. The number of aromatic nitrogens is 5. The Hall–Kier alpha value is -6.86. The first-order valence-corrected chi connectivity index (χ1v) is 16.2. The lowest BCUT2D eigenvalue weighted by Crippen LogP contribution is -1.98. The molecule has 7 heteroatoms. The molecule has 0 fully saturated rings. The summed E-state index contributed by atoms with van der Waals surface area (Å²) in [6.07, 6.45) is 0. The van der Waals surface area contributed by atoms with Gasteiger partial charge < -0.3 is 8.83 Å². The van der Waals surface area contributed by atoms with Gasteiger partial charge >= 0.3 is 0 Å². The van der Waals surface area contributed by atoms with Crippen LogP contribution in [0.2, 0.25) is 0 Å². The third-order valence-electron chi connectivity index (χ3n) is 9.41. The molecule has 11 aromatic rings. The van der Waals surface area contributed by atoms with E-state index in [1.54, 1.807) is 0 Å². The van der Waals surface area contributed by atoms with Crippen LogP contribution in [0.4, 0.5) is 0 Å². The molecule has 0 aliphatic heterocycles. The van der Waals surface area contributed by atoms with Crippen LogP contribution in [-0.2, 0) is 0 Å². The summed E-state index contributed by atoms with van der Waals surface area (Å²) < 4.78 is 15.4. The fourth-order valence-electron chi connectivity index (χ4n) is 7.24. The maximum absolute atomic E-state index is 6.78. The van der Waals surface area contributed by atoms with E-state index in [4.69, 9.17) is 28.8 Å². The molecular formula is C42H23N5O2. The van der Waals surface area contributed by atoms with Gasteiger partial charge in [-0.3, -0.25) is 4.40 Å². The summed E-state index contributed by atoms with van der Waals surface area (Å²) in [4.78, 5) is 20.5. The monoisotopic (exact) mass is 629 g/mol. The summed E-state index contributed by atoms with van der Waals surface area (Å²) in [5.74, 6) is 1.42. The van der Waals surface area contributed by atoms with Crippen molar-refractivity contribution < 1.29 is 8.83 Å². The number of nitrogens with zero attached hydrogens (tertiary/aromatic N) is 5. The van der Waals surface area contributed by atoms with Gasteiger partial charge in [0.15, 0.2) is 11.4 Å². The Kier molecular flexibility index (Phi) is 5.26. The van der Waals surface area contributed by atoms with E-state index in [9.17, 15) is 0 Å². The van der Waals surface area contributed by atoms with Crippen molar-refractivity contribution in [1.82, 2.24) is 24.3 Å². The van der Waals surface area contributed by atoms with E-state index >= 15 is 0 Å². The van der Waals surface area contributed by atoms with Crippen LogP contribution < -0.4 is 0 Å². The van der Waals surface area contributed by atoms with Crippen molar-refractivity contribution in [3.8, 4) is 34.0 Å². The average Bonchev–Trinajstić information content (AvgIpc) is 3.86. The van der Waals surface area contributed by atoms with Crippen LogP contribution in [0.25, 0.3) is 106 Å². The van der Waals surface area contributed by atoms with Gasteiger partial charge in [-0.1, -0.05) is 91.0 Å². The summed E-state index contributed by atoms with van der Waals surface area (Å²) in [6, 6.07) is 46.8. The van der Waals surface area contributed by atoms with Gasteiger partial charge in [0.1, 0.15) is 39.4 Å². The quantitative estimate of drug-likeness (QED) is 0.193. The highest BCUT2D eigenvalue weighted by atomic mass is 16.3. The van der Waals surface area contributed by atoms with Crippen molar-refractivity contribution in [1.29, 1.82) is 0 Å². The van der Waals surface area contributed by atoms with Gasteiger partial charge in [-0.25, -0.2) is 19.9 Å². The van der Waals surface area contributed by atoms with Gasteiger partial charge in [-0.05, 0) is 48.5 Å². The lowest BCUT2D eigenvalue weighted by molar-refractivity contribution is 0.663. The van der Waals surface area contributed by atoms with E-state index in [-0.39, 0.29) is 0 Å². The van der Waals surface area contributed by atoms with E-state index in [0.29, 0.717) is 17.1 Å². The van der Waals surface area contributed by atoms with Gasteiger partial charge in [0.05, 0.1) is 16.6 Å². The molecule has 6 aromatic carbocycles. The summed E-state index contributed by atoms with van der Waals surface area (Å²) >= 11 is 0. The Balaban J connectivity index is 1.23. The Morgan fingerprint density at radius 3 is 2.08 bits per heavy atom. The molecule has 0 radical (unpaired) electrons. The number of hydrogen-bond acceptors (Lipinski definition) is 6. The Morgan fingerprint density at radius 1 is 0.469 bits per heavy atom. The standard InChI is InChI=1S/C42H23N5O2/c1-2-12-24(13-3-1)40-45-36-26-15-5-9-22-33(26)48-39(36)37(46-40)29-18-10-16-27-35-28(17-11-23-34(35)49-38(27)29)42-43-30-19-6-4-14-25(30)41-44-31-20-7-8-21-32(31)47(41)42/h1-23H. The number of para-hydroxylation sites is 5.